The van der Waals surface area contributed by atoms with Gasteiger partial charge in [-0.05, 0) is 43.0 Å². The van der Waals surface area contributed by atoms with Gasteiger partial charge >= 0.3 is 0 Å². The zero-order valence-corrected chi connectivity index (χ0v) is 24.9. The van der Waals surface area contributed by atoms with Crippen molar-refractivity contribution in [3.8, 4) is 17.6 Å². The monoisotopic (exact) mass is 602 g/mol. The molecule has 1 aliphatic heterocycles. The minimum atomic E-state index is -0.708. The average Bonchev–Trinajstić information content (AvgIpc) is 3.48. The molecular formula is C30H30N6O4S2. The molecule has 3 N–H and O–H groups in total. The second kappa shape index (κ2) is 13.1. The van der Waals surface area contributed by atoms with E-state index < -0.39 is 5.92 Å². The molecule has 42 heavy (non-hydrogen) atoms. The van der Waals surface area contributed by atoms with Crippen LogP contribution in [0.25, 0.3) is 0 Å². The van der Waals surface area contributed by atoms with Gasteiger partial charge in [0.2, 0.25) is 11.0 Å². The number of carbonyl (C=O) groups is 2. The molecule has 1 aliphatic carbocycles. The van der Waals surface area contributed by atoms with Crippen molar-refractivity contribution in [1.82, 2.24) is 15.5 Å². The number of allylic oxidation sites excluding steroid dienone is 3. The highest BCUT2D eigenvalue weighted by molar-refractivity contribution is 8.01. The van der Waals surface area contributed by atoms with Crippen LogP contribution in [0.5, 0.6) is 11.5 Å². The second-order valence-electron chi connectivity index (χ2n) is 9.65. The smallest absolute Gasteiger partial charge is 0.230 e. The average molecular weight is 603 g/mol. The number of hydrogen-bond donors (Lipinski definition) is 2. The van der Waals surface area contributed by atoms with Crippen LogP contribution in [-0.2, 0) is 16.0 Å². The van der Waals surface area contributed by atoms with Crippen LogP contribution in [0.15, 0.2) is 75.5 Å². The van der Waals surface area contributed by atoms with Gasteiger partial charge in [-0.1, -0.05) is 53.4 Å². The van der Waals surface area contributed by atoms with E-state index in [9.17, 15) is 14.9 Å². The topological polar surface area (TPSA) is 143 Å². The minimum Gasteiger partial charge on any atom is -0.497 e. The van der Waals surface area contributed by atoms with Crippen LogP contribution in [0.2, 0.25) is 0 Å². The summed E-state index contributed by atoms with van der Waals surface area (Å²) in [6.45, 7) is 0.543. The normalized spacial score (nSPS) is 16.6. The molecule has 0 saturated heterocycles. The first-order chi connectivity index (χ1) is 20.4. The number of hydrogen-bond acceptors (Lipinski definition) is 11. The maximum absolute atomic E-state index is 13.5. The van der Waals surface area contributed by atoms with Gasteiger partial charge in [-0.3, -0.25) is 14.5 Å². The lowest BCUT2D eigenvalue weighted by molar-refractivity contribution is -0.118. The van der Waals surface area contributed by atoms with Crippen LogP contribution in [-0.4, -0.2) is 48.4 Å². The molecule has 2 heterocycles. The van der Waals surface area contributed by atoms with Crippen LogP contribution in [0.1, 0.15) is 36.3 Å². The van der Waals surface area contributed by atoms with Crippen LogP contribution < -0.4 is 25.4 Å². The summed E-state index contributed by atoms with van der Waals surface area (Å²) in [5.74, 6) is 0.605. The number of benzene rings is 2. The van der Waals surface area contributed by atoms with Crippen molar-refractivity contribution in [3.63, 3.8) is 0 Å². The van der Waals surface area contributed by atoms with Crippen molar-refractivity contribution in [2.24, 2.45) is 5.73 Å². The van der Waals surface area contributed by atoms with E-state index in [0.717, 1.165) is 12.0 Å². The fourth-order valence-corrected chi connectivity index (χ4v) is 6.91. The molecule has 5 rings (SSSR count). The molecular weight excluding hydrogens is 573 g/mol. The number of nitrogens with one attached hydrogen (secondary N) is 1. The van der Waals surface area contributed by atoms with E-state index in [2.05, 4.69) is 21.6 Å². The number of aromatic nitrogens is 2. The largest absolute Gasteiger partial charge is 0.497 e. The third-order valence-electron chi connectivity index (χ3n) is 7.15. The highest BCUT2D eigenvalue weighted by Gasteiger charge is 2.42. The molecule has 216 valence electrons. The molecule has 1 unspecified atom stereocenters. The van der Waals surface area contributed by atoms with Crippen molar-refractivity contribution >= 4 is 39.9 Å². The van der Waals surface area contributed by atoms with Gasteiger partial charge in [-0.2, -0.15) is 5.26 Å². The number of amides is 1. The second-order valence-corrected chi connectivity index (χ2v) is 11.8. The van der Waals surface area contributed by atoms with Crippen LogP contribution in [0.4, 0.5) is 5.13 Å². The zero-order chi connectivity index (χ0) is 29.6. The van der Waals surface area contributed by atoms with Gasteiger partial charge in [-0.25, -0.2) is 0 Å². The Kier molecular flexibility index (Phi) is 9.09. The predicted octanol–water partition coefficient (Wildman–Crippen LogP) is 4.31. The lowest BCUT2D eigenvalue weighted by Gasteiger charge is -2.38. The zero-order valence-electron chi connectivity index (χ0n) is 23.3. The molecule has 3 aromatic rings. The molecule has 10 nitrogen and oxygen atoms in total. The summed E-state index contributed by atoms with van der Waals surface area (Å²) in [4.78, 5) is 27.6. The third-order valence-corrected chi connectivity index (χ3v) is 9.20. The van der Waals surface area contributed by atoms with Crippen LogP contribution in [0.3, 0.4) is 0 Å². The number of thioether (sulfide) groups is 1. The number of nitrogens with zero attached hydrogens (tertiary/aromatic N) is 4. The SMILES string of the molecule is COc1ccc(OC)c(C2C(C#N)=C(N)N(c3nnc(SCC(=O)NCCc4ccccc4)s3)C3=C2C(=O)CCC3)c1. The Hall–Kier alpha value is -4.34. The number of nitriles is 1. The van der Waals surface area contributed by atoms with Crippen molar-refractivity contribution in [2.45, 2.75) is 35.9 Å². The number of rotatable bonds is 10. The van der Waals surface area contributed by atoms with E-state index in [1.165, 1.54) is 23.1 Å². The molecule has 0 bridgehead atoms. The summed E-state index contributed by atoms with van der Waals surface area (Å²) in [5.41, 5.74) is 9.88. The first-order valence-corrected chi connectivity index (χ1v) is 15.2. The van der Waals surface area contributed by atoms with E-state index in [4.69, 9.17) is 15.2 Å². The lowest BCUT2D eigenvalue weighted by Crippen LogP contribution is -2.38. The van der Waals surface area contributed by atoms with Crippen molar-refractivity contribution in [3.05, 3.63) is 82.3 Å². The number of anilines is 1. The fraction of sp³-hybridized carbons (Fsp3) is 0.300. The van der Waals surface area contributed by atoms with Crippen molar-refractivity contribution in [2.75, 3.05) is 31.4 Å². The van der Waals surface area contributed by atoms with E-state index in [1.54, 1.807) is 37.3 Å². The molecule has 12 heteroatoms. The number of methoxy groups -OCH3 is 2. The predicted molar refractivity (Wildman–Crippen MR) is 161 cm³/mol. The number of ether oxygens (including phenoxy) is 2. The number of carbonyl (C=O) groups excluding carboxylic acids is 2. The summed E-state index contributed by atoms with van der Waals surface area (Å²) in [6.07, 6.45) is 2.34. The molecule has 1 aromatic heterocycles. The highest BCUT2D eigenvalue weighted by Crippen LogP contribution is 2.49. The Balaban J connectivity index is 1.39. The quantitative estimate of drug-likeness (QED) is 0.322. The molecule has 1 atom stereocenters. The molecule has 2 aliphatic rings. The van der Waals surface area contributed by atoms with Crippen LogP contribution in [0, 0.1) is 11.3 Å². The Morgan fingerprint density at radius 2 is 2.00 bits per heavy atom. The van der Waals surface area contributed by atoms with Crippen molar-refractivity contribution in [1.29, 1.82) is 5.26 Å². The lowest BCUT2D eigenvalue weighted by atomic mass is 9.75. The number of ketones is 1. The standard InChI is InChI=1S/C30H30N6O4S2/c1-39-19-11-12-24(40-2)20(15-19)26-21(16-31)28(32)36(22-9-6-10-23(37)27(22)26)29-34-35-30(42-29)41-17-25(38)33-14-13-18-7-4-3-5-8-18/h3-5,7-8,11-12,15,26H,6,9-10,13-14,17,32H2,1-2H3,(H,33,38). The number of Topliss-reactive ketones (excluding diaryl/α,β-unsaturated/α-hetero) is 1. The van der Waals surface area contributed by atoms with Gasteiger partial charge in [0.25, 0.3) is 0 Å². The Bertz CT molecular complexity index is 1590. The van der Waals surface area contributed by atoms with Gasteiger partial charge in [0.15, 0.2) is 10.1 Å². The molecule has 0 saturated carbocycles. The summed E-state index contributed by atoms with van der Waals surface area (Å²) in [7, 11) is 3.10. The first-order valence-electron chi connectivity index (χ1n) is 13.4. The third kappa shape index (κ3) is 5.98. The Morgan fingerprint density at radius 1 is 1.19 bits per heavy atom. The van der Waals surface area contributed by atoms with E-state index in [-0.39, 0.29) is 28.8 Å². The van der Waals surface area contributed by atoms with E-state index in [0.29, 0.717) is 63.6 Å². The fourth-order valence-electron chi connectivity index (χ4n) is 5.20. The first kappa shape index (κ1) is 29.2. The molecule has 1 amide bonds. The highest BCUT2D eigenvalue weighted by atomic mass is 32.2. The molecule has 0 radical (unpaired) electrons. The Labute approximate surface area is 252 Å². The number of nitrogens with two attached hydrogens (primary N) is 1. The van der Waals surface area contributed by atoms with Gasteiger partial charge in [0.1, 0.15) is 17.3 Å². The van der Waals surface area contributed by atoms with E-state index in [1.807, 2.05) is 30.3 Å². The van der Waals surface area contributed by atoms with E-state index >= 15 is 0 Å². The van der Waals surface area contributed by atoms with Gasteiger partial charge in [-0.15, -0.1) is 10.2 Å². The molecule has 2 aromatic carbocycles. The summed E-state index contributed by atoms with van der Waals surface area (Å²) in [5, 5.41) is 22.3. The van der Waals surface area contributed by atoms with Gasteiger partial charge in [0, 0.05) is 29.8 Å². The van der Waals surface area contributed by atoms with Crippen LogP contribution >= 0.6 is 23.1 Å². The summed E-state index contributed by atoms with van der Waals surface area (Å²) in [6, 6.07) is 17.5. The maximum Gasteiger partial charge on any atom is 0.230 e. The minimum absolute atomic E-state index is 0.0531. The molecule has 0 spiro atoms. The maximum atomic E-state index is 13.5. The van der Waals surface area contributed by atoms with Crippen molar-refractivity contribution < 1.29 is 19.1 Å². The van der Waals surface area contributed by atoms with Gasteiger partial charge in [0.05, 0.1) is 37.5 Å². The summed E-state index contributed by atoms with van der Waals surface area (Å²) >= 11 is 2.53. The Morgan fingerprint density at radius 3 is 2.74 bits per heavy atom. The van der Waals surface area contributed by atoms with Gasteiger partial charge < -0.3 is 20.5 Å². The molecule has 0 fully saturated rings. The summed E-state index contributed by atoms with van der Waals surface area (Å²) < 4.78 is 11.6.